The van der Waals surface area contributed by atoms with Crippen LogP contribution in [0.1, 0.15) is 12.7 Å². The van der Waals surface area contributed by atoms with E-state index in [0.717, 1.165) is 6.26 Å². The predicted molar refractivity (Wildman–Crippen MR) is 91.9 cm³/mol. The fourth-order valence-corrected chi connectivity index (χ4v) is 2.67. The van der Waals surface area contributed by atoms with Crippen molar-refractivity contribution < 1.29 is 12.9 Å². The second kappa shape index (κ2) is 6.48. The van der Waals surface area contributed by atoms with Crippen molar-refractivity contribution in [1.29, 1.82) is 0 Å². The molecule has 0 unspecified atom stereocenters. The molecule has 0 bridgehead atoms. The summed E-state index contributed by atoms with van der Waals surface area (Å²) in [6.07, 6.45) is 3.29. The molecule has 10 heteroatoms. The minimum absolute atomic E-state index is 0.191. The third-order valence-corrected chi connectivity index (χ3v) is 4.50. The molecule has 0 spiro atoms. The standard InChI is InChI=1S/C15H16N6O3S/c1-3-12-19-14(24-21-12)11-8-17-15(20-13(11)16)18-9-4-6-10(7-5-9)25(2,22)23/h4-8H,3H2,1-2H3,(H3,16,17,18,20). The van der Waals surface area contributed by atoms with Gasteiger partial charge >= 0.3 is 0 Å². The monoisotopic (exact) mass is 360 g/mol. The van der Waals surface area contributed by atoms with Crippen LogP contribution >= 0.6 is 0 Å². The van der Waals surface area contributed by atoms with Crippen molar-refractivity contribution in [1.82, 2.24) is 20.1 Å². The van der Waals surface area contributed by atoms with E-state index in [4.69, 9.17) is 10.3 Å². The number of rotatable bonds is 5. The molecule has 3 aromatic rings. The molecule has 9 nitrogen and oxygen atoms in total. The summed E-state index contributed by atoms with van der Waals surface area (Å²) in [6.45, 7) is 1.91. The second-order valence-electron chi connectivity index (χ2n) is 5.28. The molecule has 1 aromatic carbocycles. The lowest BCUT2D eigenvalue weighted by atomic mass is 10.3. The summed E-state index contributed by atoms with van der Waals surface area (Å²) in [5, 5.41) is 6.76. The average molecular weight is 360 g/mol. The van der Waals surface area contributed by atoms with E-state index in [1.807, 2.05) is 6.92 Å². The number of nitrogens with one attached hydrogen (secondary N) is 1. The van der Waals surface area contributed by atoms with Crippen molar-refractivity contribution in [3.05, 3.63) is 36.3 Å². The maximum atomic E-state index is 11.5. The van der Waals surface area contributed by atoms with Crippen molar-refractivity contribution in [2.24, 2.45) is 0 Å². The molecule has 2 heterocycles. The Hall–Kier alpha value is -3.01. The molecule has 25 heavy (non-hydrogen) atoms. The van der Waals surface area contributed by atoms with Gasteiger partial charge in [0.1, 0.15) is 11.4 Å². The van der Waals surface area contributed by atoms with Gasteiger partial charge in [-0.1, -0.05) is 12.1 Å². The van der Waals surface area contributed by atoms with Crippen LogP contribution < -0.4 is 11.1 Å². The van der Waals surface area contributed by atoms with Crippen molar-refractivity contribution in [2.75, 3.05) is 17.3 Å². The molecule has 0 amide bonds. The van der Waals surface area contributed by atoms with E-state index in [-0.39, 0.29) is 22.6 Å². The van der Waals surface area contributed by atoms with E-state index in [1.165, 1.54) is 18.3 Å². The first-order valence-corrected chi connectivity index (χ1v) is 9.28. The normalized spacial score (nSPS) is 11.4. The van der Waals surface area contributed by atoms with Crippen LogP contribution in [-0.2, 0) is 16.3 Å². The predicted octanol–water partition coefficient (Wildman–Crippen LogP) is 1.82. The molecular formula is C15H16N6O3S. The van der Waals surface area contributed by atoms with E-state index in [9.17, 15) is 8.42 Å². The van der Waals surface area contributed by atoms with Crippen LogP contribution in [0.15, 0.2) is 39.9 Å². The average Bonchev–Trinajstić information content (AvgIpc) is 3.03. The number of hydrogen-bond donors (Lipinski definition) is 2. The van der Waals surface area contributed by atoms with Crippen LogP contribution in [-0.4, -0.2) is 34.8 Å². The summed E-state index contributed by atoms with van der Waals surface area (Å²) in [5.41, 5.74) is 7.02. The molecule has 3 rings (SSSR count). The number of hydrogen-bond acceptors (Lipinski definition) is 9. The Balaban J connectivity index is 1.81. The lowest BCUT2D eigenvalue weighted by Crippen LogP contribution is -2.03. The zero-order chi connectivity index (χ0) is 18.0. The highest BCUT2D eigenvalue weighted by atomic mass is 32.2. The Labute approximate surface area is 144 Å². The van der Waals surface area contributed by atoms with Gasteiger partial charge in [-0.3, -0.25) is 0 Å². The molecule has 0 saturated heterocycles. The number of nitrogens with zero attached hydrogens (tertiary/aromatic N) is 4. The first kappa shape index (κ1) is 16.8. The fraction of sp³-hybridized carbons (Fsp3) is 0.200. The number of nitrogen functional groups attached to an aromatic ring is 1. The van der Waals surface area contributed by atoms with Gasteiger partial charge in [0, 0.05) is 24.6 Å². The Morgan fingerprint density at radius 2 is 1.92 bits per heavy atom. The topological polar surface area (TPSA) is 137 Å². The van der Waals surface area contributed by atoms with Gasteiger partial charge in [0.05, 0.1) is 4.90 Å². The lowest BCUT2D eigenvalue weighted by Gasteiger charge is -2.07. The molecular weight excluding hydrogens is 344 g/mol. The van der Waals surface area contributed by atoms with Crippen molar-refractivity contribution >= 4 is 27.3 Å². The lowest BCUT2D eigenvalue weighted by molar-refractivity contribution is 0.423. The van der Waals surface area contributed by atoms with Gasteiger partial charge in [0.25, 0.3) is 5.89 Å². The van der Waals surface area contributed by atoms with Gasteiger partial charge in [-0.25, -0.2) is 13.4 Å². The Morgan fingerprint density at radius 1 is 1.20 bits per heavy atom. The zero-order valence-corrected chi connectivity index (χ0v) is 14.4. The van der Waals surface area contributed by atoms with Crippen LogP contribution in [0.4, 0.5) is 17.5 Å². The van der Waals surface area contributed by atoms with Gasteiger partial charge in [0.2, 0.25) is 5.95 Å². The molecule has 2 aromatic heterocycles. The van der Waals surface area contributed by atoms with Crippen molar-refractivity contribution in [2.45, 2.75) is 18.2 Å². The number of aromatic nitrogens is 4. The minimum Gasteiger partial charge on any atom is -0.383 e. The van der Waals surface area contributed by atoms with E-state index >= 15 is 0 Å². The maximum absolute atomic E-state index is 11.5. The second-order valence-corrected chi connectivity index (χ2v) is 7.30. The summed E-state index contributed by atoms with van der Waals surface area (Å²) in [5.74, 6) is 1.29. The van der Waals surface area contributed by atoms with Crippen LogP contribution in [0.3, 0.4) is 0 Å². The number of sulfone groups is 1. The third kappa shape index (κ3) is 3.74. The highest BCUT2D eigenvalue weighted by molar-refractivity contribution is 7.90. The highest BCUT2D eigenvalue weighted by Gasteiger charge is 2.14. The summed E-state index contributed by atoms with van der Waals surface area (Å²) in [6, 6.07) is 6.24. The molecule has 0 aliphatic carbocycles. The maximum Gasteiger partial charge on any atom is 0.263 e. The number of benzene rings is 1. The Morgan fingerprint density at radius 3 is 2.48 bits per heavy atom. The molecule has 3 N–H and O–H groups in total. The van der Waals surface area contributed by atoms with Crippen molar-refractivity contribution in [3.63, 3.8) is 0 Å². The minimum atomic E-state index is -3.24. The SMILES string of the molecule is CCc1noc(-c2cnc(Nc3ccc(S(C)(=O)=O)cc3)nc2N)n1. The first-order valence-electron chi connectivity index (χ1n) is 7.39. The molecule has 0 atom stereocenters. The zero-order valence-electron chi connectivity index (χ0n) is 13.6. The summed E-state index contributed by atoms with van der Waals surface area (Å²) >= 11 is 0. The quantitative estimate of drug-likeness (QED) is 0.697. The van der Waals surface area contributed by atoms with Crippen LogP contribution in [0, 0.1) is 0 Å². The molecule has 0 saturated carbocycles. The smallest absolute Gasteiger partial charge is 0.263 e. The molecule has 0 aliphatic rings. The molecule has 0 fully saturated rings. The summed E-state index contributed by atoms with van der Waals surface area (Å²) < 4.78 is 28.0. The van der Waals surface area contributed by atoms with Crippen LogP contribution in [0.25, 0.3) is 11.5 Å². The molecule has 130 valence electrons. The summed E-state index contributed by atoms with van der Waals surface area (Å²) in [7, 11) is -3.24. The molecule has 0 aliphatic heterocycles. The largest absolute Gasteiger partial charge is 0.383 e. The highest BCUT2D eigenvalue weighted by Crippen LogP contribution is 2.24. The summed E-state index contributed by atoms with van der Waals surface area (Å²) in [4.78, 5) is 12.8. The van der Waals surface area contributed by atoms with E-state index in [0.29, 0.717) is 23.5 Å². The number of anilines is 3. The van der Waals surface area contributed by atoms with Gasteiger partial charge < -0.3 is 15.6 Å². The van der Waals surface area contributed by atoms with Crippen molar-refractivity contribution in [3.8, 4) is 11.5 Å². The van der Waals surface area contributed by atoms with Crippen LogP contribution in [0.2, 0.25) is 0 Å². The third-order valence-electron chi connectivity index (χ3n) is 3.37. The van der Waals surface area contributed by atoms with Gasteiger partial charge in [-0.05, 0) is 24.3 Å². The van der Waals surface area contributed by atoms with Gasteiger partial charge in [-0.2, -0.15) is 9.97 Å². The van der Waals surface area contributed by atoms with E-state index in [2.05, 4.69) is 25.4 Å². The van der Waals surface area contributed by atoms with Crippen LogP contribution in [0.5, 0.6) is 0 Å². The van der Waals surface area contributed by atoms with Gasteiger partial charge in [-0.15, -0.1) is 0 Å². The number of aryl methyl sites for hydroxylation is 1. The van der Waals surface area contributed by atoms with E-state index < -0.39 is 9.84 Å². The molecule has 0 radical (unpaired) electrons. The van der Waals surface area contributed by atoms with E-state index in [1.54, 1.807) is 12.1 Å². The number of nitrogens with two attached hydrogens (primary N) is 1. The van der Waals surface area contributed by atoms with Gasteiger partial charge in [0.15, 0.2) is 15.7 Å². The fourth-order valence-electron chi connectivity index (χ4n) is 2.04. The Bertz CT molecular complexity index is 998. The Kier molecular flexibility index (Phi) is 4.36. The first-order chi connectivity index (χ1) is 11.9.